The molecular weight excluding hydrogens is 718 g/mol. The highest BCUT2D eigenvalue weighted by atomic mass is 32.2. The topological polar surface area (TPSA) is 161 Å². The van der Waals surface area contributed by atoms with Crippen LogP contribution in [-0.2, 0) is 36.4 Å². The van der Waals surface area contributed by atoms with Gasteiger partial charge in [-0.25, -0.2) is 27.2 Å². The van der Waals surface area contributed by atoms with Gasteiger partial charge in [-0.15, -0.1) is 11.3 Å². The summed E-state index contributed by atoms with van der Waals surface area (Å²) in [7, 11) is -4.07. The second-order valence-electron chi connectivity index (χ2n) is 13.6. The summed E-state index contributed by atoms with van der Waals surface area (Å²) < 4.78 is 94.3. The van der Waals surface area contributed by atoms with Crippen molar-refractivity contribution in [2.75, 3.05) is 0 Å². The van der Waals surface area contributed by atoms with E-state index in [0.717, 1.165) is 46.9 Å². The van der Waals surface area contributed by atoms with Gasteiger partial charge in [-0.05, 0) is 83.1 Å². The van der Waals surface area contributed by atoms with Crippen LogP contribution in [0.5, 0.6) is 5.75 Å². The van der Waals surface area contributed by atoms with Gasteiger partial charge >= 0.3 is 12.3 Å². The summed E-state index contributed by atoms with van der Waals surface area (Å²) in [5.41, 5.74) is -3.71. The Kier molecular flexibility index (Phi) is 9.16. The normalized spacial score (nSPS) is 21.4. The van der Waals surface area contributed by atoms with Crippen LogP contribution >= 0.6 is 11.3 Å². The number of ether oxygens (including phenoxy) is 3. The van der Waals surface area contributed by atoms with Crippen LogP contribution in [0, 0.1) is 12.7 Å². The molecule has 2 aliphatic heterocycles. The molecule has 2 bridgehead atoms. The summed E-state index contributed by atoms with van der Waals surface area (Å²) in [4.78, 5) is 47.3. The number of fused-ring (bicyclic) bond motifs is 3. The van der Waals surface area contributed by atoms with Gasteiger partial charge in [0.05, 0.1) is 46.6 Å². The second kappa shape index (κ2) is 13.2. The number of nitrogens with zero attached hydrogens (tertiary/aromatic N) is 3. The molecule has 2 saturated heterocycles. The molecular formula is C33H35F3N4O9S2. The van der Waals surface area contributed by atoms with Crippen molar-refractivity contribution in [3.05, 3.63) is 68.4 Å². The van der Waals surface area contributed by atoms with Crippen LogP contribution in [0.3, 0.4) is 0 Å². The third-order valence-corrected chi connectivity index (χ3v) is 12.8. The van der Waals surface area contributed by atoms with Crippen molar-refractivity contribution in [1.29, 1.82) is 0 Å². The number of benzene rings is 1. The van der Waals surface area contributed by atoms with Crippen molar-refractivity contribution < 1.29 is 45.0 Å². The lowest BCUT2D eigenvalue weighted by molar-refractivity contribution is -0.126. The molecule has 1 aromatic carbocycles. The van der Waals surface area contributed by atoms with Gasteiger partial charge in [0.15, 0.2) is 0 Å². The molecule has 2 unspecified atom stereocenters. The van der Waals surface area contributed by atoms with Crippen molar-refractivity contribution in [2.24, 2.45) is 0 Å². The predicted molar refractivity (Wildman–Crippen MR) is 178 cm³/mol. The molecule has 0 spiro atoms. The molecule has 1 N–H and O–H groups in total. The fraction of sp³-hybridized carbons (Fsp3) is 0.515. The number of rotatable bonds is 12. The van der Waals surface area contributed by atoms with Crippen molar-refractivity contribution >= 4 is 37.5 Å². The number of sulfonamides is 1. The number of alkyl halides is 2. The SMILES string of the molecule is Cc1c(-c2ncco2)sc2c1c(=O)n(C(C)(C)C(=O)NS(=O)(=O)C1CC1)c(=O)n2CC(OC1C[C@H]2CC[C@@H](C1)O2)c1cc(F)ccc1OC(F)F. The van der Waals surface area contributed by atoms with Crippen LogP contribution in [0.25, 0.3) is 21.0 Å². The number of hydrogen-bond donors (Lipinski definition) is 1. The van der Waals surface area contributed by atoms with Gasteiger partial charge < -0.3 is 18.6 Å². The maximum atomic E-state index is 14.9. The van der Waals surface area contributed by atoms with Crippen LogP contribution in [-0.4, -0.2) is 58.6 Å². The monoisotopic (exact) mass is 752 g/mol. The third kappa shape index (κ3) is 6.73. The van der Waals surface area contributed by atoms with Crippen molar-refractivity contribution in [1.82, 2.24) is 18.8 Å². The standard InChI is InChI=1S/C33H35F3N4O9S2/c1-16-25-28(41)40(33(2,3)30(42)38-51(44,45)21-7-8-21)32(43)39(29(25)50-26(16)27-37-10-11-46-27)15-24(48-20-13-18-5-6-19(14-20)47-18)22-12-17(34)4-9-23(22)49-31(35)36/h4,9-12,18-21,24,31H,5-8,13-15H2,1-3H3,(H,38,42)/t18-,19+,20?,24?. The second-order valence-corrected chi connectivity index (χ2v) is 16.5. The van der Waals surface area contributed by atoms with E-state index in [1.165, 1.54) is 26.3 Å². The number of nitrogens with one attached hydrogen (secondary N) is 1. The number of thiophene rings is 1. The maximum Gasteiger partial charge on any atom is 0.387 e. The molecule has 7 rings (SSSR count). The van der Waals surface area contributed by atoms with Crippen LogP contribution in [0.4, 0.5) is 13.2 Å². The van der Waals surface area contributed by atoms with Crippen LogP contribution in [0.15, 0.2) is 44.7 Å². The third-order valence-electron chi connectivity index (χ3n) is 9.64. The van der Waals surface area contributed by atoms with E-state index < -0.39 is 69.1 Å². The number of oxazole rings is 1. The van der Waals surface area contributed by atoms with E-state index in [1.54, 1.807) is 6.92 Å². The van der Waals surface area contributed by atoms with Crippen molar-refractivity contribution in [3.63, 3.8) is 0 Å². The number of carbonyl (C=O) groups is 1. The summed E-state index contributed by atoms with van der Waals surface area (Å²) in [6.45, 7) is 0.380. The molecule has 3 aliphatic rings. The number of hydrogen-bond acceptors (Lipinski definition) is 11. The van der Waals surface area contributed by atoms with Crippen LogP contribution in [0.1, 0.15) is 69.6 Å². The largest absolute Gasteiger partial charge is 0.444 e. The van der Waals surface area contributed by atoms with E-state index in [1.807, 2.05) is 4.72 Å². The van der Waals surface area contributed by atoms with E-state index in [2.05, 4.69) is 4.98 Å². The molecule has 51 heavy (non-hydrogen) atoms. The summed E-state index contributed by atoms with van der Waals surface area (Å²) in [5.74, 6) is -2.11. The highest BCUT2D eigenvalue weighted by molar-refractivity contribution is 7.90. The molecule has 5 heterocycles. The lowest BCUT2D eigenvalue weighted by Gasteiger charge is -2.33. The minimum Gasteiger partial charge on any atom is -0.444 e. The molecule has 3 aromatic heterocycles. The fourth-order valence-electron chi connectivity index (χ4n) is 6.86. The van der Waals surface area contributed by atoms with Gasteiger partial charge in [0.25, 0.3) is 11.5 Å². The first-order chi connectivity index (χ1) is 24.1. The van der Waals surface area contributed by atoms with Gasteiger partial charge in [-0.2, -0.15) is 8.78 Å². The minimum atomic E-state index is -4.07. The Bertz CT molecular complexity index is 2200. The summed E-state index contributed by atoms with van der Waals surface area (Å²) in [6, 6.07) is 3.00. The molecule has 4 aromatic rings. The highest BCUT2D eigenvalue weighted by Crippen LogP contribution is 2.40. The van der Waals surface area contributed by atoms with Crippen molar-refractivity contribution in [3.8, 4) is 16.5 Å². The number of aromatic nitrogens is 3. The number of aryl methyl sites for hydroxylation is 1. The molecule has 1 aliphatic carbocycles. The smallest absolute Gasteiger partial charge is 0.387 e. The first-order valence-corrected chi connectivity index (χ1v) is 18.8. The molecule has 18 heteroatoms. The van der Waals surface area contributed by atoms with Crippen LogP contribution in [0.2, 0.25) is 0 Å². The Balaban J connectivity index is 1.41. The van der Waals surface area contributed by atoms with E-state index >= 15 is 0 Å². The Morgan fingerprint density at radius 3 is 2.49 bits per heavy atom. The Morgan fingerprint density at radius 2 is 1.86 bits per heavy atom. The fourth-order valence-corrected chi connectivity index (χ4v) is 9.54. The molecule has 3 fully saturated rings. The molecule has 13 nitrogen and oxygen atoms in total. The zero-order valence-electron chi connectivity index (χ0n) is 27.8. The van der Waals surface area contributed by atoms with Gasteiger partial charge in [-0.3, -0.25) is 18.9 Å². The number of amides is 1. The van der Waals surface area contributed by atoms with Crippen LogP contribution < -0.4 is 20.7 Å². The van der Waals surface area contributed by atoms with Crippen molar-refractivity contribution in [2.45, 2.75) is 108 Å². The number of carbonyl (C=O) groups excluding carboxylic acids is 1. The zero-order chi connectivity index (χ0) is 36.4. The number of halogens is 3. The predicted octanol–water partition coefficient (Wildman–Crippen LogP) is 4.74. The van der Waals surface area contributed by atoms with Gasteiger partial charge in [0, 0.05) is 5.56 Å². The first kappa shape index (κ1) is 35.4. The summed E-state index contributed by atoms with van der Waals surface area (Å²) in [5, 5.41) is -0.755. The Labute approximate surface area is 293 Å². The van der Waals surface area contributed by atoms with E-state index in [4.69, 9.17) is 18.6 Å². The molecule has 4 atom stereocenters. The Morgan fingerprint density at radius 1 is 1.16 bits per heavy atom. The average Bonchev–Trinajstić information content (AvgIpc) is 3.55. The van der Waals surface area contributed by atoms with E-state index in [-0.39, 0.29) is 39.6 Å². The Hall–Kier alpha value is -4.00. The molecule has 1 amide bonds. The first-order valence-electron chi connectivity index (χ1n) is 16.4. The average molecular weight is 753 g/mol. The minimum absolute atomic E-state index is 0.00452. The molecule has 0 radical (unpaired) electrons. The maximum absolute atomic E-state index is 14.9. The highest BCUT2D eigenvalue weighted by Gasteiger charge is 2.43. The summed E-state index contributed by atoms with van der Waals surface area (Å²) >= 11 is 0.995. The van der Waals surface area contributed by atoms with Gasteiger partial charge in [0.2, 0.25) is 15.9 Å². The molecule has 1 saturated carbocycles. The van der Waals surface area contributed by atoms with E-state index in [9.17, 15) is 36.0 Å². The quantitative estimate of drug-likeness (QED) is 0.214. The molecule has 274 valence electrons. The van der Waals surface area contributed by atoms with Gasteiger partial charge in [-0.1, -0.05) is 0 Å². The zero-order valence-corrected chi connectivity index (χ0v) is 29.4. The lowest BCUT2D eigenvalue weighted by Crippen LogP contribution is -2.57. The summed E-state index contributed by atoms with van der Waals surface area (Å²) in [6.07, 6.45) is 4.08. The van der Waals surface area contributed by atoms with E-state index in [0.29, 0.717) is 40.7 Å². The van der Waals surface area contributed by atoms with Gasteiger partial charge in [0.1, 0.15) is 34.3 Å². The lowest BCUT2D eigenvalue weighted by atomic mass is 10.0.